The van der Waals surface area contributed by atoms with E-state index in [-0.39, 0.29) is 25.6 Å². The molecule has 2 aliphatic heterocycles. The second kappa shape index (κ2) is 10.8. The summed E-state index contributed by atoms with van der Waals surface area (Å²) < 4.78 is 38.1. The number of amides is 1. The lowest BCUT2D eigenvalue weighted by Crippen LogP contribution is -2.50. The third kappa shape index (κ3) is 6.96. The van der Waals surface area contributed by atoms with Crippen molar-refractivity contribution in [3.63, 3.8) is 0 Å². The van der Waals surface area contributed by atoms with Gasteiger partial charge in [-0.3, -0.25) is 28.9 Å². The number of phosphoric acid groups is 1. The Balaban J connectivity index is 1.87. The second-order valence-electron chi connectivity index (χ2n) is 8.12. The van der Waals surface area contributed by atoms with Crippen molar-refractivity contribution in [3.8, 4) is 0 Å². The molecule has 31 heavy (non-hydrogen) atoms. The van der Waals surface area contributed by atoms with E-state index in [0.717, 1.165) is 6.42 Å². The van der Waals surface area contributed by atoms with Crippen molar-refractivity contribution in [3.05, 3.63) is 0 Å². The Bertz CT molecular complexity index is 717. The van der Waals surface area contributed by atoms with E-state index in [2.05, 4.69) is 15.5 Å². The van der Waals surface area contributed by atoms with Gasteiger partial charge in [-0.2, -0.15) is 0 Å². The quantitative estimate of drug-likeness (QED) is 0.283. The Morgan fingerprint density at radius 2 is 2.03 bits per heavy atom. The summed E-state index contributed by atoms with van der Waals surface area (Å²) in [6, 6.07) is -0.317. The lowest BCUT2D eigenvalue weighted by molar-refractivity contribution is -0.160. The fourth-order valence-electron chi connectivity index (χ4n) is 3.19. The van der Waals surface area contributed by atoms with Gasteiger partial charge < -0.3 is 14.8 Å². The summed E-state index contributed by atoms with van der Waals surface area (Å²) in [4.78, 5) is 36.0. The number of rotatable bonds is 9. The molecule has 0 aromatic rings. The van der Waals surface area contributed by atoms with Crippen LogP contribution in [0.15, 0.2) is 0 Å². The summed E-state index contributed by atoms with van der Waals surface area (Å²) >= 11 is 0. The highest BCUT2D eigenvalue weighted by atomic mass is 31.2. The number of nitrogens with one attached hydrogen (secondary N) is 2. The van der Waals surface area contributed by atoms with Crippen molar-refractivity contribution in [1.82, 2.24) is 15.8 Å². The molecule has 0 spiro atoms. The normalized spacial score (nSPS) is 30.5. The predicted octanol–water partition coefficient (Wildman–Crippen LogP) is 0.720. The number of hydrogen-bond acceptors (Lipinski definition) is 11. The van der Waals surface area contributed by atoms with Crippen molar-refractivity contribution in [2.45, 2.75) is 58.2 Å². The molecular formula is C18H32N3O9P. The van der Waals surface area contributed by atoms with E-state index >= 15 is 0 Å². The number of carbonyl (C=O) groups is 3. The molecular weight excluding hydrogens is 433 g/mol. The molecule has 2 N–H and O–H groups in total. The highest BCUT2D eigenvalue weighted by Crippen LogP contribution is 2.57. The van der Waals surface area contributed by atoms with Gasteiger partial charge in [0.2, 0.25) is 12.7 Å². The van der Waals surface area contributed by atoms with Crippen LogP contribution in [0.25, 0.3) is 0 Å². The van der Waals surface area contributed by atoms with Crippen LogP contribution in [0.4, 0.5) is 0 Å². The zero-order valence-corrected chi connectivity index (χ0v) is 19.4. The van der Waals surface area contributed by atoms with Gasteiger partial charge in [0.05, 0.1) is 20.1 Å². The Kier molecular flexibility index (Phi) is 8.99. The largest absolute Gasteiger partial charge is 0.478 e. The van der Waals surface area contributed by atoms with E-state index in [1.165, 1.54) is 7.11 Å². The Labute approximate surface area is 181 Å². The van der Waals surface area contributed by atoms with Crippen LogP contribution in [0, 0.1) is 5.41 Å². The van der Waals surface area contributed by atoms with Crippen LogP contribution in [0.1, 0.15) is 40.0 Å². The number of likely N-dealkylation sites (N-methyl/N-ethyl adjacent to an activating group) is 1. The van der Waals surface area contributed by atoms with E-state index < -0.39 is 50.0 Å². The first-order chi connectivity index (χ1) is 14.5. The third-order valence-corrected chi connectivity index (χ3v) is 6.51. The molecule has 13 heteroatoms. The lowest BCUT2D eigenvalue weighted by Gasteiger charge is -2.39. The van der Waals surface area contributed by atoms with Crippen molar-refractivity contribution in [2.75, 3.05) is 34.1 Å². The number of hydrazine groups is 1. The Morgan fingerprint density at radius 3 is 2.65 bits per heavy atom. The van der Waals surface area contributed by atoms with Crippen LogP contribution < -0.4 is 10.7 Å². The molecule has 2 heterocycles. The molecule has 0 bridgehead atoms. The number of ether oxygens (including phenoxy) is 2. The summed E-state index contributed by atoms with van der Waals surface area (Å²) in [6.45, 7) is 4.72. The van der Waals surface area contributed by atoms with Gasteiger partial charge in [0, 0.05) is 25.0 Å². The Hall–Kier alpha value is -1.56. The summed E-state index contributed by atoms with van der Waals surface area (Å²) in [6.07, 6.45) is 0.272. The molecule has 2 aliphatic rings. The predicted molar refractivity (Wildman–Crippen MR) is 107 cm³/mol. The topological polar surface area (TPSA) is 142 Å². The number of phosphoric ester groups is 1. The van der Waals surface area contributed by atoms with Gasteiger partial charge in [-0.15, -0.1) is 0 Å². The average Bonchev–Trinajstić information content (AvgIpc) is 3.10. The van der Waals surface area contributed by atoms with Crippen LogP contribution in [0.3, 0.4) is 0 Å². The van der Waals surface area contributed by atoms with Gasteiger partial charge in [-0.1, -0.05) is 20.8 Å². The fraction of sp³-hybridized carbons (Fsp3) is 0.833. The number of methoxy groups -OCH3 is 1. The molecule has 2 unspecified atom stereocenters. The van der Waals surface area contributed by atoms with Gasteiger partial charge in [-0.25, -0.2) is 14.1 Å². The standard InChI is InChI=1S/C18H32N3O9P/c1-6-12-9-13(21(4)20-12)17(24)27-11-29-31(25)28-10-18(2,3)15(30-31)16(23)19-8-7-14(22)26-5/h12-13,15,20H,6-11H2,1-5H3,(H,19,23)/t12?,13?,15-,31+/m0/s1. The van der Waals surface area contributed by atoms with Crippen molar-refractivity contribution in [2.24, 2.45) is 5.41 Å². The Morgan fingerprint density at radius 1 is 1.32 bits per heavy atom. The summed E-state index contributed by atoms with van der Waals surface area (Å²) in [7, 11) is -1.15. The van der Waals surface area contributed by atoms with Gasteiger partial charge in [-0.05, 0) is 12.8 Å². The van der Waals surface area contributed by atoms with E-state index in [9.17, 15) is 18.9 Å². The molecule has 0 radical (unpaired) electrons. The first-order valence-electron chi connectivity index (χ1n) is 10.1. The molecule has 0 aromatic carbocycles. The SMILES string of the molecule is CCC1CC(C(=O)OCO[P@@]2(=O)OCC(C)(C)[C@H](C(=O)NCCC(=O)OC)O2)N(C)N1. The van der Waals surface area contributed by atoms with Crippen LogP contribution in [-0.2, 0) is 42.0 Å². The molecule has 0 aliphatic carbocycles. The lowest BCUT2D eigenvalue weighted by atomic mass is 9.87. The number of nitrogens with zero attached hydrogens (tertiary/aromatic N) is 1. The molecule has 4 atom stereocenters. The number of esters is 2. The summed E-state index contributed by atoms with van der Waals surface area (Å²) in [5, 5.41) is 4.21. The molecule has 12 nitrogen and oxygen atoms in total. The van der Waals surface area contributed by atoms with Gasteiger partial charge in [0.25, 0.3) is 0 Å². The third-order valence-electron chi connectivity index (χ3n) is 5.17. The minimum atomic E-state index is -4.14. The zero-order valence-electron chi connectivity index (χ0n) is 18.5. The maximum Gasteiger partial charge on any atom is 0.478 e. The minimum absolute atomic E-state index is 0.0145. The highest BCUT2D eigenvalue weighted by Gasteiger charge is 2.49. The van der Waals surface area contributed by atoms with Crippen molar-refractivity contribution in [1.29, 1.82) is 0 Å². The van der Waals surface area contributed by atoms with Crippen molar-refractivity contribution < 1.29 is 42.0 Å². The maximum atomic E-state index is 12.8. The molecule has 0 aromatic heterocycles. The molecule has 2 fully saturated rings. The molecule has 2 rings (SSSR count). The summed E-state index contributed by atoms with van der Waals surface area (Å²) in [5.74, 6) is -1.58. The number of carbonyl (C=O) groups excluding carboxylic acids is 3. The maximum absolute atomic E-state index is 12.8. The fourth-order valence-corrected chi connectivity index (χ4v) is 4.70. The smallest absolute Gasteiger partial charge is 0.469 e. The average molecular weight is 465 g/mol. The first-order valence-corrected chi connectivity index (χ1v) is 11.5. The summed E-state index contributed by atoms with van der Waals surface area (Å²) in [5.41, 5.74) is 2.34. The highest BCUT2D eigenvalue weighted by molar-refractivity contribution is 7.48. The zero-order chi connectivity index (χ0) is 23.2. The van der Waals surface area contributed by atoms with Crippen molar-refractivity contribution >= 4 is 25.7 Å². The van der Waals surface area contributed by atoms with Crippen LogP contribution in [-0.4, -0.2) is 75.1 Å². The van der Waals surface area contributed by atoms with E-state index in [0.29, 0.717) is 6.42 Å². The van der Waals surface area contributed by atoms with E-state index in [1.807, 2.05) is 6.92 Å². The van der Waals surface area contributed by atoms with Gasteiger partial charge in [0.1, 0.15) is 6.04 Å². The van der Waals surface area contributed by atoms with Gasteiger partial charge in [0.15, 0.2) is 6.10 Å². The van der Waals surface area contributed by atoms with Crippen LogP contribution >= 0.6 is 7.82 Å². The minimum Gasteiger partial charge on any atom is -0.469 e. The first kappa shape index (κ1) is 25.7. The van der Waals surface area contributed by atoms with Crippen LogP contribution in [0.2, 0.25) is 0 Å². The number of hydrogen-bond donors (Lipinski definition) is 2. The van der Waals surface area contributed by atoms with Crippen LogP contribution in [0.5, 0.6) is 0 Å². The molecule has 178 valence electrons. The molecule has 2 saturated heterocycles. The second-order valence-corrected chi connectivity index (χ2v) is 9.74. The molecule has 1 amide bonds. The van der Waals surface area contributed by atoms with E-state index in [4.69, 9.17) is 18.3 Å². The van der Waals surface area contributed by atoms with Gasteiger partial charge >= 0.3 is 19.8 Å². The van der Waals surface area contributed by atoms with E-state index in [1.54, 1.807) is 25.9 Å². The monoisotopic (exact) mass is 465 g/mol. The molecule has 0 saturated carbocycles.